The Morgan fingerprint density at radius 2 is 1.91 bits per heavy atom. The summed E-state index contributed by atoms with van der Waals surface area (Å²) in [5, 5.41) is 16.0. The lowest BCUT2D eigenvalue weighted by molar-refractivity contribution is 0.0802. The normalized spacial score (nSPS) is 23.3. The van der Waals surface area contributed by atoms with Gasteiger partial charge in [-0.2, -0.15) is 9.97 Å². The van der Waals surface area contributed by atoms with Crippen molar-refractivity contribution in [3.05, 3.63) is 83.1 Å². The highest BCUT2D eigenvalue weighted by Gasteiger charge is 2.50. The van der Waals surface area contributed by atoms with Crippen LogP contribution in [-0.2, 0) is 12.1 Å². The topological polar surface area (TPSA) is 86.6 Å². The Morgan fingerprint density at radius 3 is 2.74 bits per heavy atom. The van der Waals surface area contributed by atoms with Crippen molar-refractivity contribution in [2.24, 2.45) is 0 Å². The van der Waals surface area contributed by atoms with Crippen LogP contribution in [0.1, 0.15) is 42.4 Å². The van der Waals surface area contributed by atoms with Gasteiger partial charge in [-0.1, -0.05) is 30.2 Å². The Bertz CT molecular complexity index is 2140. The lowest BCUT2D eigenvalue weighted by Gasteiger charge is -2.35. The SMILES string of the molecule is C#Cc1cccc2cc(O)cc(-c3ncc4c(N5CC6CCC(C5)N6)nc(OCC56CCCN5Cc5cccc(F)c56)nc4c3F)c12. The van der Waals surface area contributed by atoms with Gasteiger partial charge in [-0.3, -0.25) is 9.88 Å². The first-order chi connectivity index (χ1) is 22.9. The molecule has 0 spiro atoms. The zero-order valence-corrected chi connectivity index (χ0v) is 25.6. The number of rotatable bonds is 5. The highest BCUT2D eigenvalue weighted by molar-refractivity contribution is 6.02. The van der Waals surface area contributed by atoms with Crippen LogP contribution >= 0.6 is 0 Å². The van der Waals surface area contributed by atoms with Gasteiger partial charge in [-0.05, 0) is 67.4 Å². The number of nitrogens with one attached hydrogen (secondary N) is 1. The minimum Gasteiger partial charge on any atom is -0.508 e. The number of halogens is 2. The molecule has 4 aliphatic rings. The van der Waals surface area contributed by atoms with Gasteiger partial charge >= 0.3 is 6.01 Å². The maximum absolute atomic E-state index is 16.9. The van der Waals surface area contributed by atoms with Crippen LogP contribution in [0, 0.1) is 24.0 Å². The molecule has 3 atom stereocenters. The van der Waals surface area contributed by atoms with Crippen LogP contribution in [0.2, 0.25) is 0 Å². The third kappa shape index (κ3) is 4.37. The summed E-state index contributed by atoms with van der Waals surface area (Å²) >= 11 is 0. The predicted octanol–water partition coefficient (Wildman–Crippen LogP) is 5.63. The van der Waals surface area contributed by atoms with Gasteiger partial charge in [0.1, 0.15) is 35.2 Å². The van der Waals surface area contributed by atoms with Crippen molar-refractivity contribution >= 4 is 27.5 Å². The van der Waals surface area contributed by atoms with E-state index in [-0.39, 0.29) is 35.4 Å². The van der Waals surface area contributed by atoms with Crippen molar-refractivity contribution < 1.29 is 18.6 Å². The summed E-state index contributed by atoms with van der Waals surface area (Å²) in [6.45, 7) is 3.06. The molecule has 9 rings (SSSR count). The Kier molecular flexibility index (Phi) is 6.39. The van der Waals surface area contributed by atoms with E-state index in [4.69, 9.17) is 16.1 Å². The summed E-state index contributed by atoms with van der Waals surface area (Å²) in [7, 11) is 0. The molecule has 0 amide bonds. The highest BCUT2D eigenvalue weighted by atomic mass is 19.1. The number of aromatic hydroxyl groups is 1. The van der Waals surface area contributed by atoms with Gasteiger partial charge in [-0.25, -0.2) is 8.78 Å². The molecule has 3 unspecified atom stereocenters. The molecular weight excluding hydrogens is 598 g/mol. The lowest BCUT2D eigenvalue weighted by atomic mass is 9.88. The summed E-state index contributed by atoms with van der Waals surface area (Å²) in [5.74, 6) is 2.31. The maximum Gasteiger partial charge on any atom is 0.319 e. The molecule has 0 saturated carbocycles. The monoisotopic (exact) mass is 630 g/mol. The molecule has 5 aromatic rings. The maximum atomic E-state index is 16.9. The van der Waals surface area contributed by atoms with E-state index in [9.17, 15) is 5.11 Å². The van der Waals surface area contributed by atoms with Crippen LogP contribution in [0.4, 0.5) is 14.6 Å². The van der Waals surface area contributed by atoms with E-state index in [0.29, 0.717) is 70.4 Å². The van der Waals surface area contributed by atoms with Gasteiger partial charge in [0.05, 0.1) is 10.9 Å². The number of fused-ring (bicyclic) bond motifs is 7. The molecule has 2 aromatic heterocycles. The van der Waals surface area contributed by atoms with E-state index in [1.807, 2.05) is 12.1 Å². The van der Waals surface area contributed by atoms with Crippen molar-refractivity contribution in [1.82, 2.24) is 25.2 Å². The van der Waals surface area contributed by atoms with Gasteiger partial charge in [0.25, 0.3) is 0 Å². The van der Waals surface area contributed by atoms with Crippen LogP contribution in [-0.4, -0.2) is 63.3 Å². The van der Waals surface area contributed by atoms with Crippen molar-refractivity contribution in [3.63, 3.8) is 0 Å². The number of hydrogen-bond acceptors (Lipinski definition) is 8. The van der Waals surface area contributed by atoms with E-state index >= 15 is 8.78 Å². The van der Waals surface area contributed by atoms with Crippen LogP contribution in [0.5, 0.6) is 11.8 Å². The standard InChI is InChI=1S/C37H32F2N6O2/c1-2-21-6-3-7-22-14-26(46)15-27(30(21)22)33-32(39)34-28(16-40-33)35(44-18-24-10-11-25(19-44)41-24)43-36(42-34)47-20-37-12-5-13-45(37)17-23-8-4-9-29(38)31(23)37/h1,3-4,6-9,14-16,24-25,41,46H,5,10-13,17-20H2. The summed E-state index contributed by atoms with van der Waals surface area (Å²) in [4.78, 5) is 18.6. The molecule has 3 fully saturated rings. The Morgan fingerprint density at radius 1 is 1.09 bits per heavy atom. The Labute approximate surface area is 270 Å². The molecule has 3 aromatic carbocycles. The van der Waals surface area contributed by atoms with E-state index in [1.165, 1.54) is 12.1 Å². The fourth-order valence-corrected chi connectivity index (χ4v) is 8.50. The third-order valence-corrected chi connectivity index (χ3v) is 10.5. The molecule has 2 N–H and O–H groups in total. The van der Waals surface area contributed by atoms with Crippen molar-refractivity contribution in [2.75, 3.05) is 31.1 Å². The third-order valence-electron chi connectivity index (χ3n) is 10.5. The average molecular weight is 631 g/mol. The number of anilines is 1. The van der Waals surface area contributed by atoms with Crippen LogP contribution in [0.15, 0.2) is 54.7 Å². The van der Waals surface area contributed by atoms with Crippen molar-refractivity contribution in [2.45, 2.75) is 49.9 Å². The molecule has 0 aliphatic carbocycles. The Balaban J connectivity index is 1.19. The predicted molar refractivity (Wildman–Crippen MR) is 175 cm³/mol. The quantitative estimate of drug-likeness (QED) is 0.242. The largest absolute Gasteiger partial charge is 0.508 e. The van der Waals surface area contributed by atoms with Crippen LogP contribution < -0.4 is 15.0 Å². The molecule has 10 heteroatoms. The molecule has 6 heterocycles. The molecule has 2 bridgehead atoms. The number of benzene rings is 3. The summed E-state index contributed by atoms with van der Waals surface area (Å²) in [6.07, 6.45) is 11.2. The molecule has 236 valence electrons. The summed E-state index contributed by atoms with van der Waals surface area (Å²) in [6, 6.07) is 14.4. The number of piperazine rings is 1. The number of terminal acetylenes is 1. The molecule has 4 aliphatic heterocycles. The smallest absolute Gasteiger partial charge is 0.319 e. The number of hydrogen-bond donors (Lipinski definition) is 2. The highest BCUT2D eigenvalue weighted by Crippen LogP contribution is 2.48. The minimum absolute atomic E-state index is 0.0180. The van der Waals surface area contributed by atoms with Crippen LogP contribution in [0.25, 0.3) is 32.9 Å². The fraction of sp³-hybridized carbons (Fsp3) is 0.324. The molecule has 47 heavy (non-hydrogen) atoms. The van der Waals surface area contributed by atoms with Gasteiger partial charge in [0.2, 0.25) is 0 Å². The van der Waals surface area contributed by atoms with Crippen molar-refractivity contribution in [1.29, 1.82) is 0 Å². The number of nitrogens with zero attached hydrogens (tertiary/aromatic N) is 5. The van der Waals surface area contributed by atoms with Gasteiger partial charge in [0.15, 0.2) is 5.82 Å². The number of aromatic nitrogens is 3. The van der Waals surface area contributed by atoms with E-state index in [2.05, 4.69) is 31.0 Å². The average Bonchev–Trinajstić information content (AvgIpc) is 3.73. The molecular formula is C37H32F2N6O2. The van der Waals surface area contributed by atoms with Gasteiger partial charge in [0, 0.05) is 60.0 Å². The minimum atomic E-state index is -0.661. The second-order valence-electron chi connectivity index (χ2n) is 13.2. The lowest BCUT2D eigenvalue weighted by Crippen LogP contribution is -2.51. The van der Waals surface area contributed by atoms with E-state index < -0.39 is 11.4 Å². The fourth-order valence-electron chi connectivity index (χ4n) is 8.50. The van der Waals surface area contributed by atoms with Gasteiger partial charge < -0.3 is 20.1 Å². The molecule has 0 radical (unpaired) electrons. The second kappa shape index (κ2) is 10.6. The first-order valence-electron chi connectivity index (χ1n) is 16.2. The first-order valence-corrected chi connectivity index (χ1v) is 16.2. The summed E-state index contributed by atoms with van der Waals surface area (Å²) < 4.78 is 38.7. The second-order valence-corrected chi connectivity index (χ2v) is 13.2. The zero-order chi connectivity index (χ0) is 31.9. The molecule has 8 nitrogen and oxygen atoms in total. The van der Waals surface area contributed by atoms with E-state index in [1.54, 1.807) is 30.5 Å². The van der Waals surface area contributed by atoms with Crippen LogP contribution in [0.3, 0.4) is 0 Å². The van der Waals surface area contributed by atoms with Gasteiger partial charge in [-0.15, -0.1) is 6.42 Å². The molecule has 3 saturated heterocycles. The number of pyridine rings is 1. The number of phenols is 1. The number of ether oxygens (including phenoxy) is 1. The first kappa shape index (κ1) is 28.4. The summed E-state index contributed by atoms with van der Waals surface area (Å²) in [5.41, 5.74) is 2.02. The van der Waals surface area contributed by atoms with E-state index in [0.717, 1.165) is 37.8 Å². The van der Waals surface area contributed by atoms with Crippen molar-refractivity contribution in [3.8, 4) is 35.4 Å². The number of phenolic OH excluding ortho intramolecular Hbond substituents is 1. The Hall–Kier alpha value is -4.85. The zero-order valence-electron chi connectivity index (χ0n) is 25.6.